The summed E-state index contributed by atoms with van der Waals surface area (Å²) in [7, 11) is -4.29. The fourth-order valence-electron chi connectivity index (χ4n) is 2.81. The minimum absolute atomic E-state index is 0.120. The van der Waals surface area contributed by atoms with Gasteiger partial charge in [-0.15, -0.1) is 11.3 Å². The Labute approximate surface area is 141 Å². The molecule has 0 aliphatic heterocycles. The van der Waals surface area contributed by atoms with Crippen LogP contribution in [0, 0.1) is 0 Å². The van der Waals surface area contributed by atoms with Crippen LogP contribution in [0.4, 0.5) is 0 Å². The molecule has 0 saturated heterocycles. The number of thiazole rings is 1. The van der Waals surface area contributed by atoms with Crippen LogP contribution in [0.5, 0.6) is 5.75 Å². The zero-order chi connectivity index (χ0) is 16.9. The van der Waals surface area contributed by atoms with Crippen LogP contribution in [0.15, 0.2) is 17.6 Å². The Kier molecular flexibility index (Phi) is 3.73. The van der Waals surface area contributed by atoms with E-state index in [1.165, 1.54) is 11.3 Å². The van der Waals surface area contributed by atoms with Crippen LogP contribution in [-0.4, -0.2) is 33.1 Å². The third kappa shape index (κ3) is 2.98. The van der Waals surface area contributed by atoms with E-state index >= 15 is 0 Å². The first-order valence-electron chi connectivity index (χ1n) is 7.49. The summed E-state index contributed by atoms with van der Waals surface area (Å²) in [6.07, 6.45) is 1.89. The number of amides is 1. The lowest BCUT2D eigenvalue weighted by molar-refractivity contribution is 0.0950. The minimum atomic E-state index is -4.29. The van der Waals surface area contributed by atoms with Crippen molar-refractivity contribution in [3.05, 3.63) is 33.6 Å². The number of rotatable bonds is 5. The standard InChI is InChI=1S/C15H15N2O5PS/c18-15(17-8-1-2-8)9-3-4-11(22-7-23(19,20)21)13-10(9)5-12-14(13)16-6-24-12/h3-4,6,8H,1-2,5,7H2,(H,17,18)(H2,19,20,21). The summed E-state index contributed by atoms with van der Waals surface area (Å²) >= 11 is 1.50. The van der Waals surface area contributed by atoms with Crippen LogP contribution in [0.3, 0.4) is 0 Å². The molecule has 126 valence electrons. The maximum absolute atomic E-state index is 12.5. The van der Waals surface area contributed by atoms with Crippen molar-refractivity contribution in [2.75, 3.05) is 6.35 Å². The van der Waals surface area contributed by atoms with Crippen molar-refractivity contribution in [1.29, 1.82) is 0 Å². The second-order valence-electron chi connectivity index (χ2n) is 5.95. The lowest BCUT2D eigenvalue weighted by Crippen LogP contribution is -2.26. The first-order chi connectivity index (χ1) is 11.4. The van der Waals surface area contributed by atoms with Gasteiger partial charge in [0.15, 0.2) is 6.35 Å². The van der Waals surface area contributed by atoms with E-state index in [9.17, 15) is 9.36 Å². The number of hydrogen-bond acceptors (Lipinski definition) is 5. The second kappa shape index (κ2) is 5.67. The number of hydrogen-bond donors (Lipinski definition) is 3. The summed E-state index contributed by atoms with van der Waals surface area (Å²) in [4.78, 5) is 35.9. The highest BCUT2D eigenvalue weighted by molar-refractivity contribution is 7.51. The van der Waals surface area contributed by atoms with Gasteiger partial charge in [0.05, 0.1) is 11.2 Å². The molecular weight excluding hydrogens is 351 g/mol. The fourth-order valence-corrected chi connectivity index (χ4v) is 3.89. The number of nitrogens with zero attached hydrogens (tertiary/aromatic N) is 1. The highest BCUT2D eigenvalue weighted by atomic mass is 32.1. The number of aromatic nitrogens is 1. The van der Waals surface area contributed by atoms with Gasteiger partial charge in [-0.1, -0.05) is 0 Å². The van der Waals surface area contributed by atoms with Crippen LogP contribution < -0.4 is 10.1 Å². The number of carbonyl (C=O) groups excluding carboxylic acids is 1. The summed E-state index contributed by atoms with van der Waals surface area (Å²) in [5.41, 5.74) is 4.51. The van der Waals surface area contributed by atoms with Crippen molar-refractivity contribution in [2.45, 2.75) is 25.3 Å². The maximum atomic E-state index is 12.5. The molecule has 0 unspecified atom stereocenters. The highest BCUT2D eigenvalue weighted by Crippen LogP contribution is 2.46. The average molecular weight is 366 g/mol. The van der Waals surface area contributed by atoms with E-state index < -0.39 is 13.9 Å². The molecule has 1 heterocycles. The van der Waals surface area contributed by atoms with Gasteiger partial charge in [-0.05, 0) is 30.5 Å². The van der Waals surface area contributed by atoms with Gasteiger partial charge in [-0.3, -0.25) is 9.36 Å². The Balaban J connectivity index is 1.73. The molecule has 24 heavy (non-hydrogen) atoms. The molecule has 2 aromatic rings. The highest BCUT2D eigenvalue weighted by Gasteiger charge is 2.32. The van der Waals surface area contributed by atoms with Gasteiger partial charge in [-0.2, -0.15) is 0 Å². The van der Waals surface area contributed by atoms with Gasteiger partial charge in [0, 0.05) is 28.5 Å². The number of nitrogens with one attached hydrogen (secondary N) is 1. The van der Waals surface area contributed by atoms with Crippen molar-refractivity contribution in [3.63, 3.8) is 0 Å². The van der Waals surface area contributed by atoms with E-state index in [1.807, 2.05) is 0 Å². The van der Waals surface area contributed by atoms with Crippen molar-refractivity contribution >= 4 is 24.8 Å². The molecular formula is C15H15N2O5PS. The quantitative estimate of drug-likeness (QED) is 0.597. The summed E-state index contributed by atoms with van der Waals surface area (Å²) in [6, 6.07) is 3.50. The van der Waals surface area contributed by atoms with E-state index in [2.05, 4.69) is 10.3 Å². The van der Waals surface area contributed by atoms with Crippen LogP contribution in [0.1, 0.15) is 33.6 Å². The van der Waals surface area contributed by atoms with Crippen LogP contribution in [0.2, 0.25) is 0 Å². The molecule has 1 saturated carbocycles. The summed E-state index contributed by atoms with van der Waals surface area (Å²) in [5, 5.41) is 2.97. The molecule has 9 heteroatoms. The van der Waals surface area contributed by atoms with Crippen molar-refractivity contribution < 1.29 is 23.9 Å². The van der Waals surface area contributed by atoms with Crippen molar-refractivity contribution in [1.82, 2.24) is 10.3 Å². The predicted octanol–water partition coefficient (Wildman–Crippen LogP) is 2.12. The summed E-state index contributed by atoms with van der Waals surface area (Å²) in [6.45, 7) is 0. The number of benzene rings is 1. The molecule has 1 amide bonds. The van der Waals surface area contributed by atoms with E-state index in [-0.39, 0.29) is 11.9 Å². The van der Waals surface area contributed by atoms with E-state index in [1.54, 1.807) is 17.6 Å². The van der Waals surface area contributed by atoms with Gasteiger partial charge >= 0.3 is 7.60 Å². The third-order valence-corrected chi connectivity index (χ3v) is 5.33. The van der Waals surface area contributed by atoms with Gasteiger partial charge < -0.3 is 19.8 Å². The minimum Gasteiger partial charge on any atom is -0.480 e. The zero-order valence-electron chi connectivity index (χ0n) is 12.6. The van der Waals surface area contributed by atoms with E-state index in [0.717, 1.165) is 29.0 Å². The van der Waals surface area contributed by atoms with Crippen molar-refractivity contribution in [3.8, 4) is 17.0 Å². The number of carbonyl (C=O) groups is 1. The largest absolute Gasteiger partial charge is 0.480 e. The molecule has 2 aliphatic carbocycles. The fraction of sp³-hybridized carbons (Fsp3) is 0.333. The van der Waals surface area contributed by atoms with Crippen LogP contribution in [-0.2, 0) is 11.0 Å². The van der Waals surface area contributed by atoms with Gasteiger partial charge in [-0.25, -0.2) is 4.98 Å². The molecule has 0 bridgehead atoms. The average Bonchev–Trinajstić information content (AvgIpc) is 3.07. The van der Waals surface area contributed by atoms with E-state index in [0.29, 0.717) is 23.3 Å². The van der Waals surface area contributed by atoms with Crippen LogP contribution >= 0.6 is 18.9 Å². The Morgan fingerprint density at radius 2 is 2.21 bits per heavy atom. The molecule has 1 aromatic carbocycles. The normalized spacial score (nSPS) is 15.8. The van der Waals surface area contributed by atoms with Gasteiger partial charge in [0.2, 0.25) is 0 Å². The summed E-state index contributed by atoms with van der Waals surface area (Å²) in [5.74, 6) is 0.228. The van der Waals surface area contributed by atoms with Gasteiger partial charge in [0.25, 0.3) is 5.91 Å². The molecule has 7 nitrogen and oxygen atoms in total. The Hall–Kier alpha value is -1.73. The third-order valence-electron chi connectivity index (χ3n) is 4.04. The van der Waals surface area contributed by atoms with E-state index in [4.69, 9.17) is 14.5 Å². The topological polar surface area (TPSA) is 109 Å². The molecule has 0 atom stereocenters. The molecule has 0 spiro atoms. The first kappa shape index (κ1) is 15.8. The smallest absolute Gasteiger partial charge is 0.362 e. The van der Waals surface area contributed by atoms with Crippen molar-refractivity contribution in [2.24, 2.45) is 0 Å². The molecule has 4 rings (SSSR count). The van der Waals surface area contributed by atoms with Gasteiger partial charge in [0.1, 0.15) is 5.75 Å². The first-order valence-corrected chi connectivity index (χ1v) is 10.2. The second-order valence-corrected chi connectivity index (χ2v) is 8.48. The number of ether oxygens (including phenoxy) is 1. The Morgan fingerprint density at radius 3 is 2.92 bits per heavy atom. The molecule has 1 aromatic heterocycles. The predicted molar refractivity (Wildman–Crippen MR) is 88.4 cm³/mol. The Bertz CT molecular complexity index is 871. The lowest BCUT2D eigenvalue weighted by Gasteiger charge is -2.14. The maximum Gasteiger partial charge on any atom is 0.362 e. The summed E-state index contributed by atoms with van der Waals surface area (Å²) < 4.78 is 16.4. The lowest BCUT2D eigenvalue weighted by atomic mass is 10.0. The zero-order valence-corrected chi connectivity index (χ0v) is 14.3. The Morgan fingerprint density at radius 1 is 1.42 bits per heavy atom. The SMILES string of the molecule is O=C(NC1CC1)c1ccc(OCP(=O)(O)O)c2c1Cc1scnc1-2. The van der Waals surface area contributed by atoms with Crippen LogP contribution in [0.25, 0.3) is 11.3 Å². The number of fused-ring (bicyclic) bond motifs is 3. The molecule has 2 aliphatic rings. The monoisotopic (exact) mass is 366 g/mol. The molecule has 1 fully saturated rings. The molecule has 3 N–H and O–H groups in total. The molecule has 0 radical (unpaired) electrons.